The zero-order valence-electron chi connectivity index (χ0n) is 17.2. The minimum absolute atomic E-state index is 0.00624. The minimum atomic E-state index is -0.709. The van der Waals surface area contributed by atoms with Crippen molar-refractivity contribution in [1.82, 2.24) is 10.6 Å². The van der Waals surface area contributed by atoms with Crippen molar-refractivity contribution in [3.05, 3.63) is 29.8 Å². The molecule has 1 aromatic rings. The summed E-state index contributed by atoms with van der Waals surface area (Å²) in [7, 11) is -0.709. The average molecular weight is 394 g/mol. The van der Waals surface area contributed by atoms with Gasteiger partial charge in [-0.1, -0.05) is 31.5 Å². The van der Waals surface area contributed by atoms with E-state index in [1.807, 2.05) is 32.0 Å². The van der Waals surface area contributed by atoms with Crippen molar-refractivity contribution in [2.45, 2.75) is 70.8 Å². The van der Waals surface area contributed by atoms with E-state index in [4.69, 9.17) is 9.73 Å². The Hall–Kier alpha value is -1.56. The number of guanidine groups is 1. The van der Waals surface area contributed by atoms with Crippen molar-refractivity contribution in [1.29, 1.82) is 0 Å². The van der Waals surface area contributed by atoms with Crippen LogP contribution in [0.3, 0.4) is 0 Å². The lowest BCUT2D eigenvalue weighted by Crippen LogP contribution is -2.47. The molecule has 0 saturated heterocycles. The Morgan fingerprint density at radius 2 is 2.11 bits per heavy atom. The SMILES string of the molecule is CCNC(=NCC(C)Oc1ccccc1C)NC1CCCC(S(=O)CC)C1. The summed E-state index contributed by atoms with van der Waals surface area (Å²) in [5, 5.41) is 7.18. The van der Waals surface area contributed by atoms with Crippen molar-refractivity contribution in [2.24, 2.45) is 4.99 Å². The summed E-state index contributed by atoms with van der Waals surface area (Å²) in [6.07, 6.45) is 4.26. The summed E-state index contributed by atoms with van der Waals surface area (Å²) in [5.74, 6) is 2.49. The Labute approximate surface area is 166 Å². The number of nitrogens with one attached hydrogen (secondary N) is 2. The predicted octanol–water partition coefficient (Wildman–Crippen LogP) is 3.40. The molecule has 6 heteroatoms. The van der Waals surface area contributed by atoms with Gasteiger partial charge in [0.15, 0.2) is 5.96 Å². The predicted molar refractivity (Wildman–Crippen MR) is 115 cm³/mol. The molecule has 1 aromatic carbocycles. The van der Waals surface area contributed by atoms with Gasteiger partial charge in [0, 0.05) is 34.4 Å². The molecule has 152 valence electrons. The monoisotopic (exact) mass is 393 g/mol. The maximum absolute atomic E-state index is 12.2. The number of hydrogen-bond donors (Lipinski definition) is 2. The van der Waals surface area contributed by atoms with Crippen LogP contribution >= 0.6 is 0 Å². The Bertz CT molecular complexity index is 636. The van der Waals surface area contributed by atoms with E-state index in [0.29, 0.717) is 17.8 Å². The van der Waals surface area contributed by atoms with Crippen LogP contribution in [0.5, 0.6) is 5.75 Å². The number of benzene rings is 1. The number of ether oxygens (including phenoxy) is 1. The van der Waals surface area contributed by atoms with Gasteiger partial charge in [0.2, 0.25) is 0 Å². The molecule has 0 heterocycles. The van der Waals surface area contributed by atoms with E-state index in [1.54, 1.807) is 0 Å². The first-order valence-electron chi connectivity index (χ1n) is 10.2. The molecule has 4 atom stereocenters. The third kappa shape index (κ3) is 7.17. The van der Waals surface area contributed by atoms with Crippen LogP contribution in [0.4, 0.5) is 0 Å². The van der Waals surface area contributed by atoms with Crippen molar-refractivity contribution in [2.75, 3.05) is 18.8 Å². The van der Waals surface area contributed by atoms with Crippen molar-refractivity contribution in [3.63, 3.8) is 0 Å². The Morgan fingerprint density at radius 3 is 2.81 bits per heavy atom. The quantitative estimate of drug-likeness (QED) is 0.525. The highest BCUT2D eigenvalue weighted by Crippen LogP contribution is 2.23. The summed E-state index contributed by atoms with van der Waals surface area (Å²) in [6.45, 7) is 9.57. The summed E-state index contributed by atoms with van der Waals surface area (Å²) in [6, 6.07) is 8.39. The van der Waals surface area contributed by atoms with Crippen LogP contribution in [0.1, 0.15) is 52.0 Å². The van der Waals surface area contributed by atoms with E-state index in [-0.39, 0.29) is 6.10 Å². The van der Waals surface area contributed by atoms with Gasteiger partial charge >= 0.3 is 0 Å². The third-order valence-electron chi connectivity index (χ3n) is 4.90. The van der Waals surface area contributed by atoms with E-state index < -0.39 is 10.8 Å². The van der Waals surface area contributed by atoms with Crippen molar-refractivity contribution < 1.29 is 8.95 Å². The van der Waals surface area contributed by atoms with E-state index in [9.17, 15) is 4.21 Å². The van der Waals surface area contributed by atoms with Crippen LogP contribution in [0.25, 0.3) is 0 Å². The molecule has 0 bridgehead atoms. The zero-order chi connectivity index (χ0) is 19.6. The van der Waals surface area contributed by atoms with E-state index in [0.717, 1.165) is 55.3 Å². The lowest BCUT2D eigenvalue weighted by atomic mass is 9.95. The van der Waals surface area contributed by atoms with Crippen molar-refractivity contribution in [3.8, 4) is 5.75 Å². The molecule has 0 aromatic heterocycles. The second kappa shape index (κ2) is 11.3. The van der Waals surface area contributed by atoms with Gasteiger partial charge in [0.1, 0.15) is 11.9 Å². The van der Waals surface area contributed by atoms with Gasteiger partial charge in [-0.25, -0.2) is 4.99 Å². The molecule has 1 aliphatic carbocycles. The van der Waals surface area contributed by atoms with Gasteiger partial charge in [-0.3, -0.25) is 4.21 Å². The molecule has 5 nitrogen and oxygen atoms in total. The average Bonchev–Trinajstić information content (AvgIpc) is 2.67. The lowest BCUT2D eigenvalue weighted by Gasteiger charge is -2.30. The maximum Gasteiger partial charge on any atom is 0.191 e. The molecule has 0 radical (unpaired) electrons. The zero-order valence-corrected chi connectivity index (χ0v) is 18.0. The van der Waals surface area contributed by atoms with Gasteiger partial charge in [-0.15, -0.1) is 0 Å². The topological polar surface area (TPSA) is 62.7 Å². The van der Waals surface area contributed by atoms with Crippen LogP contribution < -0.4 is 15.4 Å². The third-order valence-corrected chi connectivity index (χ3v) is 6.64. The first-order valence-corrected chi connectivity index (χ1v) is 11.6. The van der Waals surface area contributed by atoms with Crippen LogP contribution in [0.2, 0.25) is 0 Å². The molecule has 1 fully saturated rings. The van der Waals surface area contributed by atoms with Gasteiger partial charge in [-0.05, 0) is 51.7 Å². The number of para-hydroxylation sites is 1. The fourth-order valence-electron chi connectivity index (χ4n) is 3.43. The highest BCUT2D eigenvalue weighted by Gasteiger charge is 2.26. The number of nitrogens with zero attached hydrogens (tertiary/aromatic N) is 1. The molecular formula is C21H35N3O2S. The lowest BCUT2D eigenvalue weighted by molar-refractivity contribution is 0.228. The minimum Gasteiger partial charge on any atom is -0.489 e. The number of aliphatic imine (C=N–C) groups is 1. The summed E-state index contributed by atoms with van der Waals surface area (Å²) < 4.78 is 18.2. The largest absolute Gasteiger partial charge is 0.489 e. The fourth-order valence-corrected chi connectivity index (χ4v) is 4.77. The molecule has 2 N–H and O–H groups in total. The molecule has 0 aliphatic heterocycles. The number of hydrogen-bond acceptors (Lipinski definition) is 3. The number of aryl methyl sites for hydroxylation is 1. The number of rotatable bonds is 8. The van der Waals surface area contributed by atoms with Gasteiger partial charge < -0.3 is 15.4 Å². The fraction of sp³-hybridized carbons (Fsp3) is 0.667. The van der Waals surface area contributed by atoms with E-state index in [1.165, 1.54) is 0 Å². The van der Waals surface area contributed by atoms with Gasteiger partial charge in [0.25, 0.3) is 0 Å². The summed E-state index contributed by atoms with van der Waals surface area (Å²) >= 11 is 0. The second-order valence-corrected chi connectivity index (χ2v) is 9.22. The first kappa shape index (κ1) is 21.7. The second-order valence-electron chi connectivity index (χ2n) is 7.21. The van der Waals surface area contributed by atoms with E-state index >= 15 is 0 Å². The molecule has 1 aliphatic rings. The molecule has 0 amide bonds. The van der Waals surface area contributed by atoms with Crippen LogP contribution in [0.15, 0.2) is 29.3 Å². The maximum atomic E-state index is 12.2. The van der Waals surface area contributed by atoms with Crippen LogP contribution in [-0.2, 0) is 10.8 Å². The molecular weight excluding hydrogens is 358 g/mol. The normalized spacial score (nSPS) is 22.7. The van der Waals surface area contributed by atoms with Crippen LogP contribution in [0, 0.1) is 6.92 Å². The molecule has 27 heavy (non-hydrogen) atoms. The smallest absolute Gasteiger partial charge is 0.191 e. The first-order chi connectivity index (χ1) is 13.0. The Balaban J connectivity index is 1.91. The Morgan fingerprint density at radius 1 is 1.33 bits per heavy atom. The van der Waals surface area contributed by atoms with Crippen LogP contribution in [-0.4, -0.2) is 46.4 Å². The summed E-state index contributed by atoms with van der Waals surface area (Å²) in [4.78, 5) is 4.72. The van der Waals surface area contributed by atoms with Gasteiger partial charge in [0.05, 0.1) is 6.54 Å². The standard InChI is InChI=1S/C21H35N3O2S/c1-5-22-21(24-18-11-9-12-19(14-18)27(25)6-2)23-15-17(4)26-20-13-8-7-10-16(20)3/h7-8,10,13,17-19H,5-6,9,11-12,14-15H2,1-4H3,(H2,22,23,24). The molecule has 1 saturated carbocycles. The van der Waals surface area contributed by atoms with Gasteiger partial charge in [-0.2, -0.15) is 0 Å². The summed E-state index contributed by atoms with van der Waals surface area (Å²) in [5.41, 5.74) is 1.13. The van der Waals surface area contributed by atoms with Crippen molar-refractivity contribution >= 4 is 16.8 Å². The molecule has 0 spiro atoms. The molecule has 2 rings (SSSR count). The highest BCUT2D eigenvalue weighted by molar-refractivity contribution is 7.85. The van der Waals surface area contributed by atoms with E-state index in [2.05, 4.69) is 30.5 Å². The molecule has 4 unspecified atom stereocenters. The Kier molecular flexibility index (Phi) is 9.11. The highest BCUT2D eigenvalue weighted by atomic mass is 32.2.